The lowest BCUT2D eigenvalue weighted by molar-refractivity contribution is -0.144. The monoisotopic (exact) mass is 651 g/mol. The van der Waals surface area contributed by atoms with Gasteiger partial charge in [0.15, 0.2) is 0 Å². The molecule has 1 aliphatic heterocycles. The molecule has 0 bridgehead atoms. The van der Waals surface area contributed by atoms with E-state index in [1.807, 2.05) is 77.7 Å². The van der Waals surface area contributed by atoms with Crippen LogP contribution < -0.4 is 0 Å². The number of benzene rings is 4. The molecule has 9 heteroatoms. The minimum Gasteiger partial charge on any atom is -0.336 e. The van der Waals surface area contributed by atoms with E-state index in [0.717, 1.165) is 45.7 Å². The lowest BCUT2D eigenvalue weighted by Gasteiger charge is -2.37. The average molecular weight is 652 g/mol. The smallest absolute Gasteiger partial charge is 0.336 e. The Labute approximate surface area is 275 Å². The number of nitrogens with zero attached hydrogens (tertiary/aromatic N) is 3. The number of alkyl halides is 3. The zero-order valence-electron chi connectivity index (χ0n) is 25.4. The van der Waals surface area contributed by atoms with Crippen LogP contribution in [0.25, 0.3) is 16.5 Å². The number of fused-ring (bicyclic) bond motifs is 1. The van der Waals surface area contributed by atoms with Crippen LogP contribution in [0.15, 0.2) is 121 Å². The fraction of sp³-hybridized carbons (Fsp3) is 0.184. The van der Waals surface area contributed by atoms with E-state index in [1.54, 1.807) is 16.6 Å². The van der Waals surface area contributed by atoms with Crippen molar-refractivity contribution >= 4 is 29.2 Å². The Balaban J connectivity index is 1.33. The zero-order valence-corrected chi connectivity index (χ0v) is 26.3. The molecular weight excluding hydrogens is 619 g/mol. The van der Waals surface area contributed by atoms with Gasteiger partial charge in [-0.05, 0) is 58.0 Å². The summed E-state index contributed by atoms with van der Waals surface area (Å²) in [6, 6.07) is 29.3. The van der Waals surface area contributed by atoms with Crippen molar-refractivity contribution < 1.29 is 22.8 Å². The Morgan fingerprint density at radius 2 is 1.57 bits per heavy atom. The molecule has 0 fully saturated rings. The van der Waals surface area contributed by atoms with E-state index in [1.165, 1.54) is 41.2 Å². The summed E-state index contributed by atoms with van der Waals surface area (Å²) in [6.07, 6.45) is 1.20. The van der Waals surface area contributed by atoms with Gasteiger partial charge in [0.25, 0.3) is 0 Å². The largest absolute Gasteiger partial charge is 0.416 e. The lowest BCUT2D eigenvalue weighted by Crippen LogP contribution is -2.52. The van der Waals surface area contributed by atoms with Crippen molar-refractivity contribution in [2.45, 2.75) is 38.1 Å². The van der Waals surface area contributed by atoms with Crippen molar-refractivity contribution in [1.29, 1.82) is 0 Å². The van der Waals surface area contributed by atoms with Gasteiger partial charge in [-0.3, -0.25) is 14.6 Å². The Morgan fingerprint density at radius 1 is 0.872 bits per heavy atom. The highest BCUT2D eigenvalue weighted by Gasteiger charge is 2.34. The van der Waals surface area contributed by atoms with E-state index in [-0.39, 0.29) is 12.5 Å². The minimum absolute atomic E-state index is 0.152. The molecule has 0 saturated carbocycles. The van der Waals surface area contributed by atoms with Crippen LogP contribution in [0.1, 0.15) is 33.4 Å². The normalized spacial score (nSPS) is 13.7. The minimum atomic E-state index is -4.45. The van der Waals surface area contributed by atoms with Gasteiger partial charge in [-0.25, -0.2) is 0 Å². The van der Waals surface area contributed by atoms with Gasteiger partial charge < -0.3 is 9.80 Å². The third-order valence-corrected chi connectivity index (χ3v) is 9.16. The second-order valence-electron chi connectivity index (χ2n) is 11.5. The molecule has 6 rings (SSSR count). The number of carbonyl (C=O) groups is 2. The van der Waals surface area contributed by atoms with Crippen LogP contribution in [-0.4, -0.2) is 39.2 Å². The topological polar surface area (TPSA) is 53.5 Å². The molecule has 1 unspecified atom stereocenters. The summed E-state index contributed by atoms with van der Waals surface area (Å²) in [4.78, 5) is 37.1. The molecule has 1 aliphatic rings. The van der Waals surface area contributed by atoms with Crippen molar-refractivity contribution in [2.24, 2.45) is 0 Å². The van der Waals surface area contributed by atoms with Crippen molar-refractivity contribution in [1.82, 2.24) is 14.8 Å². The maximum absolute atomic E-state index is 14.5. The molecule has 5 nitrogen and oxygen atoms in total. The third-order valence-electron chi connectivity index (χ3n) is 8.34. The first-order valence-electron chi connectivity index (χ1n) is 15.3. The van der Waals surface area contributed by atoms with Gasteiger partial charge in [-0.2, -0.15) is 13.2 Å². The summed E-state index contributed by atoms with van der Waals surface area (Å²) in [7, 11) is 0. The molecule has 2 amide bonds. The highest BCUT2D eigenvalue weighted by molar-refractivity contribution is 7.13. The lowest BCUT2D eigenvalue weighted by atomic mass is 9.97. The maximum Gasteiger partial charge on any atom is 0.416 e. The summed E-state index contributed by atoms with van der Waals surface area (Å²) < 4.78 is 39.3. The van der Waals surface area contributed by atoms with E-state index < -0.39 is 23.7 Å². The summed E-state index contributed by atoms with van der Waals surface area (Å²) in [5.41, 5.74) is 6.50. The van der Waals surface area contributed by atoms with Crippen molar-refractivity contribution in [3.05, 3.63) is 154 Å². The van der Waals surface area contributed by atoms with Crippen LogP contribution in [-0.2, 0) is 41.7 Å². The third kappa shape index (κ3) is 7.86. The second-order valence-corrected chi connectivity index (χ2v) is 12.4. The number of thiazole rings is 1. The van der Waals surface area contributed by atoms with Gasteiger partial charge in [0.05, 0.1) is 16.0 Å². The predicted octanol–water partition coefficient (Wildman–Crippen LogP) is 8.07. The molecule has 4 aromatic carbocycles. The van der Waals surface area contributed by atoms with Gasteiger partial charge in [0.1, 0.15) is 6.04 Å². The fourth-order valence-corrected chi connectivity index (χ4v) is 6.41. The first kappa shape index (κ1) is 31.9. The van der Waals surface area contributed by atoms with Crippen molar-refractivity contribution in [3.63, 3.8) is 0 Å². The standard InChI is InChI=1S/C38H32F3N3O2S/c39-38(40,41)33-17-12-27(13-18-33)14-19-36(45)44(24-29-10-15-31(16-11-29)35-23-42-26-47-35)34(22-28-6-2-1-3-7-28)37(46)43-21-20-30-8-4-5-9-32(30)25-43/h1-19,23,26,34H,20-22,24-25H2. The quantitative estimate of drug-likeness (QED) is 0.152. The molecular formula is C38H32F3N3O2S. The molecule has 5 aromatic rings. The molecule has 47 heavy (non-hydrogen) atoms. The first-order valence-corrected chi connectivity index (χ1v) is 16.2. The van der Waals surface area contributed by atoms with Crippen LogP contribution in [0.2, 0.25) is 0 Å². The molecule has 1 atom stereocenters. The Kier molecular flexibility index (Phi) is 9.63. The molecule has 0 spiro atoms. The van der Waals surface area contributed by atoms with Gasteiger partial charge in [0, 0.05) is 38.3 Å². The number of carbonyl (C=O) groups excluding carboxylic acids is 2. The molecule has 1 aromatic heterocycles. The number of rotatable bonds is 9. The van der Waals surface area contributed by atoms with Crippen LogP contribution in [0.5, 0.6) is 0 Å². The van der Waals surface area contributed by atoms with Crippen molar-refractivity contribution in [3.8, 4) is 10.4 Å². The Bertz CT molecular complexity index is 1840. The summed E-state index contributed by atoms with van der Waals surface area (Å²) in [6.45, 7) is 1.15. The van der Waals surface area contributed by atoms with Gasteiger partial charge in [-0.15, -0.1) is 11.3 Å². The number of amides is 2. The number of hydrogen-bond donors (Lipinski definition) is 0. The first-order chi connectivity index (χ1) is 22.7. The maximum atomic E-state index is 14.5. The van der Waals surface area contributed by atoms with E-state index in [4.69, 9.17) is 0 Å². The van der Waals surface area contributed by atoms with E-state index in [2.05, 4.69) is 11.1 Å². The number of hydrogen-bond acceptors (Lipinski definition) is 4. The summed E-state index contributed by atoms with van der Waals surface area (Å²) >= 11 is 1.53. The van der Waals surface area contributed by atoms with Crippen molar-refractivity contribution in [2.75, 3.05) is 6.54 Å². The SMILES string of the molecule is O=C(C(Cc1ccccc1)N(Cc1ccc(-c2cncs2)cc1)C(=O)C=Cc1ccc(C(F)(F)F)cc1)N1CCc2ccccc2C1. The van der Waals surface area contributed by atoms with E-state index in [9.17, 15) is 22.8 Å². The molecule has 0 saturated heterocycles. The van der Waals surface area contributed by atoms with E-state index in [0.29, 0.717) is 25.1 Å². The van der Waals surface area contributed by atoms with Crippen LogP contribution in [0.4, 0.5) is 13.2 Å². The molecule has 0 N–H and O–H groups in total. The molecule has 0 radical (unpaired) electrons. The van der Waals surface area contributed by atoms with Crippen LogP contribution in [0, 0.1) is 0 Å². The molecule has 0 aliphatic carbocycles. The number of aromatic nitrogens is 1. The summed E-state index contributed by atoms with van der Waals surface area (Å²) in [5.74, 6) is -0.566. The Morgan fingerprint density at radius 3 is 2.26 bits per heavy atom. The Hall–Kier alpha value is -5.02. The predicted molar refractivity (Wildman–Crippen MR) is 178 cm³/mol. The highest BCUT2D eigenvalue weighted by Crippen LogP contribution is 2.30. The van der Waals surface area contributed by atoms with Gasteiger partial charge >= 0.3 is 6.18 Å². The summed E-state index contributed by atoms with van der Waals surface area (Å²) in [5, 5.41) is 0. The highest BCUT2D eigenvalue weighted by atomic mass is 32.1. The average Bonchev–Trinajstić information content (AvgIpc) is 3.64. The van der Waals surface area contributed by atoms with Crippen LogP contribution in [0.3, 0.4) is 0 Å². The zero-order chi connectivity index (χ0) is 32.8. The van der Waals surface area contributed by atoms with Gasteiger partial charge in [0.2, 0.25) is 11.8 Å². The molecule has 238 valence electrons. The number of halogens is 3. The second kappa shape index (κ2) is 14.2. The van der Waals surface area contributed by atoms with Gasteiger partial charge in [-0.1, -0.05) is 91.0 Å². The molecule has 2 heterocycles. The fourth-order valence-electron chi connectivity index (χ4n) is 5.78. The van der Waals surface area contributed by atoms with Crippen LogP contribution >= 0.6 is 11.3 Å². The van der Waals surface area contributed by atoms with E-state index >= 15 is 0 Å².